The summed E-state index contributed by atoms with van der Waals surface area (Å²) in [6.45, 7) is 2.22. The van der Waals surface area contributed by atoms with Crippen LogP contribution < -0.4 is 11.5 Å². The van der Waals surface area contributed by atoms with E-state index in [0.29, 0.717) is 37.6 Å². The van der Waals surface area contributed by atoms with Gasteiger partial charge in [0.05, 0.1) is 47.9 Å². The third-order valence-corrected chi connectivity index (χ3v) is 4.84. The molecule has 0 radical (unpaired) electrons. The summed E-state index contributed by atoms with van der Waals surface area (Å²) in [7, 11) is 0. The van der Waals surface area contributed by atoms with Crippen molar-refractivity contribution in [3.05, 3.63) is 48.8 Å². The third kappa shape index (κ3) is 3.27. The third-order valence-electron chi connectivity index (χ3n) is 4.84. The van der Waals surface area contributed by atoms with Gasteiger partial charge in [0.2, 0.25) is 0 Å². The van der Waals surface area contributed by atoms with E-state index in [-0.39, 0.29) is 0 Å². The lowest BCUT2D eigenvalue weighted by molar-refractivity contribution is 0.598. The Hall–Kier alpha value is -3.76. The molecule has 4 heterocycles. The molecule has 5 aromatic rings. The smallest absolute Gasteiger partial charge is 0.131 e. The van der Waals surface area contributed by atoms with Gasteiger partial charge in [-0.3, -0.25) is 9.36 Å². The van der Waals surface area contributed by atoms with E-state index < -0.39 is 0 Å². The lowest BCUT2D eigenvalue weighted by Crippen LogP contribution is -2.10. The SMILES string of the molecule is NCCn1cc(-c2ccc3ccc4ccc(-c5cn(CCN)nn5)nc4c3n2)nn1. The van der Waals surface area contributed by atoms with Gasteiger partial charge in [-0.1, -0.05) is 34.7 Å². The largest absolute Gasteiger partial charge is 0.329 e. The second-order valence-corrected chi connectivity index (χ2v) is 6.91. The second kappa shape index (κ2) is 7.58. The maximum Gasteiger partial charge on any atom is 0.131 e. The molecule has 0 atom stereocenters. The van der Waals surface area contributed by atoms with Crippen molar-refractivity contribution in [1.29, 1.82) is 0 Å². The summed E-state index contributed by atoms with van der Waals surface area (Å²) in [5.74, 6) is 0. The molecule has 0 spiro atoms. The zero-order valence-corrected chi connectivity index (χ0v) is 16.2. The van der Waals surface area contributed by atoms with E-state index in [1.54, 1.807) is 9.36 Å². The van der Waals surface area contributed by atoms with Crippen molar-refractivity contribution in [1.82, 2.24) is 40.0 Å². The molecule has 150 valence electrons. The molecule has 0 saturated heterocycles. The Morgan fingerprint density at radius 1 is 0.600 bits per heavy atom. The second-order valence-electron chi connectivity index (χ2n) is 6.91. The number of nitrogens with two attached hydrogens (primary N) is 2. The molecule has 5 rings (SSSR count). The van der Waals surface area contributed by atoms with Gasteiger partial charge in [-0.05, 0) is 12.1 Å². The minimum absolute atomic E-state index is 0.501. The van der Waals surface area contributed by atoms with Crippen LogP contribution in [0.4, 0.5) is 0 Å². The molecular formula is C20H20N10. The normalized spacial score (nSPS) is 11.5. The number of rotatable bonds is 6. The Morgan fingerprint density at radius 3 is 1.47 bits per heavy atom. The fraction of sp³-hybridized carbons (Fsp3) is 0.200. The highest BCUT2D eigenvalue weighted by molar-refractivity contribution is 6.03. The molecule has 0 amide bonds. The summed E-state index contributed by atoms with van der Waals surface area (Å²) < 4.78 is 3.43. The predicted molar refractivity (Wildman–Crippen MR) is 113 cm³/mol. The van der Waals surface area contributed by atoms with Gasteiger partial charge < -0.3 is 11.5 Å². The first kappa shape index (κ1) is 18.3. The Labute approximate surface area is 171 Å². The van der Waals surface area contributed by atoms with E-state index in [0.717, 1.165) is 33.2 Å². The zero-order valence-electron chi connectivity index (χ0n) is 16.2. The van der Waals surface area contributed by atoms with Crippen LogP contribution in [0.5, 0.6) is 0 Å². The average molecular weight is 400 g/mol. The molecule has 0 aliphatic heterocycles. The van der Waals surface area contributed by atoms with Gasteiger partial charge >= 0.3 is 0 Å². The van der Waals surface area contributed by atoms with Gasteiger partial charge in [0, 0.05) is 23.9 Å². The number of fused-ring (bicyclic) bond motifs is 3. The molecule has 10 heteroatoms. The van der Waals surface area contributed by atoms with Crippen LogP contribution in [0, 0.1) is 0 Å². The average Bonchev–Trinajstić information content (AvgIpc) is 3.43. The quantitative estimate of drug-likeness (QED) is 0.406. The summed E-state index contributed by atoms with van der Waals surface area (Å²) in [5.41, 5.74) is 15.7. The van der Waals surface area contributed by atoms with E-state index in [1.807, 2.05) is 48.8 Å². The molecule has 0 fully saturated rings. The first-order valence-electron chi connectivity index (χ1n) is 9.67. The molecule has 0 aliphatic carbocycles. The molecule has 1 aromatic carbocycles. The van der Waals surface area contributed by atoms with Crippen LogP contribution in [0.3, 0.4) is 0 Å². The number of aromatic nitrogens is 8. The topological polar surface area (TPSA) is 139 Å². The number of hydrogen-bond acceptors (Lipinski definition) is 8. The number of nitrogens with zero attached hydrogens (tertiary/aromatic N) is 8. The van der Waals surface area contributed by atoms with Crippen molar-refractivity contribution in [2.75, 3.05) is 13.1 Å². The Morgan fingerprint density at radius 2 is 1.03 bits per heavy atom. The van der Waals surface area contributed by atoms with E-state index in [9.17, 15) is 0 Å². The highest BCUT2D eigenvalue weighted by Gasteiger charge is 2.12. The summed E-state index contributed by atoms with van der Waals surface area (Å²) in [5, 5.41) is 18.6. The first-order chi connectivity index (χ1) is 14.7. The van der Waals surface area contributed by atoms with Gasteiger partial charge in [0.25, 0.3) is 0 Å². The van der Waals surface area contributed by atoms with E-state index in [4.69, 9.17) is 21.4 Å². The van der Waals surface area contributed by atoms with Crippen molar-refractivity contribution < 1.29 is 0 Å². The summed E-state index contributed by atoms with van der Waals surface area (Å²) >= 11 is 0. The summed E-state index contributed by atoms with van der Waals surface area (Å²) in [6, 6.07) is 12.0. The van der Waals surface area contributed by atoms with Crippen LogP contribution in [-0.4, -0.2) is 53.0 Å². The van der Waals surface area contributed by atoms with Gasteiger partial charge in [-0.25, -0.2) is 9.97 Å². The fourth-order valence-corrected chi connectivity index (χ4v) is 3.37. The summed E-state index contributed by atoms with van der Waals surface area (Å²) in [4.78, 5) is 9.70. The molecule has 30 heavy (non-hydrogen) atoms. The van der Waals surface area contributed by atoms with Crippen LogP contribution in [0.25, 0.3) is 44.6 Å². The lowest BCUT2D eigenvalue weighted by atomic mass is 10.1. The Balaban J connectivity index is 1.62. The highest BCUT2D eigenvalue weighted by Crippen LogP contribution is 2.27. The maximum atomic E-state index is 5.60. The monoisotopic (exact) mass is 400 g/mol. The fourth-order valence-electron chi connectivity index (χ4n) is 3.37. The van der Waals surface area contributed by atoms with E-state index in [2.05, 4.69) is 20.6 Å². The number of benzene rings is 1. The standard InChI is InChI=1S/C20H20N10/c21-7-9-29-11-17(25-27-29)15-5-3-13-1-2-14-4-6-16(24-20(14)19(13)23-15)18-12-30(10-8-22)28-26-18/h1-6,11-12H,7-10,21-22H2. The summed E-state index contributed by atoms with van der Waals surface area (Å²) in [6.07, 6.45) is 3.70. The van der Waals surface area contributed by atoms with Gasteiger partial charge in [-0.2, -0.15) is 0 Å². The molecule has 0 bridgehead atoms. The Bertz CT molecular complexity index is 1230. The lowest BCUT2D eigenvalue weighted by Gasteiger charge is -2.06. The van der Waals surface area contributed by atoms with Crippen molar-refractivity contribution >= 4 is 21.8 Å². The van der Waals surface area contributed by atoms with Crippen LogP contribution >= 0.6 is 0 Å². The zero-order chi connectivity index (χ0) is 20.5. The number of hydrogen-bond donors (Lipinski definition) is 2. The molecule has 0 unspecified atom stereocenters. The molecule has 4 N–H and O–H groups in total. The minimum Gasteiger partial charge on any atom is -0.329 e. The number of pyridine rings is 2. The van der Waals surface area contributed by atoms with Crippen molar-refractivity contribution in [2.24, 2.45) is 11.5 Å². The predicted octanol–water partition coefficient (Wildman–Crippen LogP) is 1.22. The van der Waals surface area contributed by atoms with Crippen LogP contribution in [0.2, 0.25) is 0 Å². The van der Waals surface area contributed by atoms with Gasteiger partial charge in [0.1, 0.15) is 11.4 Å². The minimum atomic E-state index is 0.501. The molecule has 0 aliphatic rings. The van der Waals surface area contributed by atoms with Gasteiger partial charge in [0.15, 0.2) is 0 Å². The molecule has 4 aromatic heterocycles. The van der Waals surface area contributed by atoms with Crippen molar-refractivity contribution in [3.8, 4) is 22.8 Å². The first-order valence-corrected chi connectivity index (χ1v) is 9.67. The molecular weight excluding hydrogens is 380 g/mol. The van der Waals surface area contributed by atoms with Gasteiger partial charge in [-0.15, -0.1) is 10.2 Å². The van der Waals surface area contributed by atoms with Crippen LogP contribution in [0.15, 0.2) is 48.8 Å². The Kier molecular flexibility index (Phi) is 4.62. The van der Waals surface area contributed by atoms with Crippen LogP contribution in [-0.2, 0) is 13.1 Å². The maximum absolute atomic E-state index is 5.60. The van der Waals surface area contributed by atoms with Crippen LogP contribution in [0.1, 0.15) is 0 Å². The van der Waals surface area contributed by atoms with Crippen molar-refractivity contribution in [3.63, 3.8) is 0 Å². The van der Waals surface area contributed by atoms with Crippen molar-refractivity contribution in [2.45, 2.75) is 13.1 Å². The molecule has 10 nitrogen and oxygen atoms in total. The van der Waals surface area contributed by atoms with E-state index in [1.165, 1.54) is 0 Å². The van der Waals surface area contributed by atoms with E-state index >= 15 is 0 Å². The highest BCUT2D eigenvalue weighted by atomic mass is 15.4. The molecule has 0 saturated carbocycles.